The molecule has 1 aliphatic carbocycles. The van der Waals surface area contributed by atoms with Crippen molar-refractivity contribution in [1.29, 1.82) is 0 Å². The van der Waals surface area contributed by atoms with Crippen molar-refractivity contribution in [3.8, 4) is 5.75 Å². The van der Waals surface area contributed by atoms with Gasteiger partial charge in [-0.2, -0.15) is 0 Å². The summed E-state index contributed by atoms with van der Waals surface area (Å²) in [6.45, 7) is 9.55. The van der Waals surface area contributed by atoms with Crippen molar-refractivity contribution in [3.63, 3.8) is 0 Å². The van der Waals surface area contributed by atoms with Crippen molar-refractivity contribution in [2.24, 2.45) is 16.3 Å². The van der Waals surface area contributed by atoms with Gasteiger partial charge in [-0.15, -0.1) is 0 Å². The van der Waals surface area contributed by atoms with Crippen LogP contribution in [0.25, 0.3) is 0 Å². The molecular formula is C24H29NO5. The first-order valence-electron chi connectivity index (χ1n) is 10.4. The van der Waals surface area contributed by atoms with Crippen molar-refractivity contribution in [2.75, 3.05) is 6.61 Å². The summed E-state index contributed by atoms with van der Waals surface area (Å²) >= 11 is 0. The van der Waals surface area contributed by atoms with Gasteiger partial charge < -0.3 is 9.47 Å². The van der Waals surface area contributed by atoms with E-state index in [9.17, 15) is 14.4 Å². The molecule has 0 saturated heterocycles. The number of allylic oxidation sites excluding steroid dienone is 2. The second kappa shape index (κ2) is 8.54. The maximum atomic E-state index is 13.2. The highest BCUT2D eigenvalue weighted by Gasteiger charge is 2.46. The molecule has 2 atom stereocenters. The van der Waals surface area contributed by atoms with E-state index in [0.29, 0.717) is 36.5 Å². The topological polar surface area (TPSA) is 82.0 Å². The van der Waals surface area contributed by atoms with Crippen molar-refractivity contribution < 1.29 is 23.9 Å². The van der Waals surface area contributed by atoms with E-state index in [2.05, 4.69) is 13.8 Å². The first-order chi connectivity index (χ1) is 14.1. The largest absolute Gasteiger partial charge is 0.465 e. The Morgan fingerprint density at radius 1 is 1.17 bits per heavy atom. The molecule has 2 aliphatic rings. The number of aliphatic imine (C=N–C) groups is 1. The summed E-state index contributed by atoms with van der Waals surface area (Å²) < 4.78 is 10.6. The lowest BCUT2D eigenvalue weighted by Gasteiger charge is -2.39. The maximum Gasteiger partial charge on any atom is 0.315 e. The highest BCUT2D eigenvalue weighted by molar-refractivity contribution is 6.09. The molecule has 30 heavy (non-hydrogen) atoms. The van der Waals surface area contributed by atoms with Gasteiger partial charge in [-0.05, 0) is 42.9 Å². The predicted molar refractivity (Wildman–Crippen MR) is 113 cm³/mol. The molecule has 0 N–H and O–H groups in total. The van der Waals surface area contributed by atoms with Gasteiger partial charge in [-0.25, -0.2) is 0 Å². The highest BCUT2D eigenvalue weighted by atomic mass is 16.5. The zero-order valence-corrected chi connectivity index (χ0v) is 18.3. The van der Waals surface area contributed by atoms with Crippen molar-refractivity contribution in [3.05, 3.63) is 41.1 Å². The molecule has 6 heteroatoms. The van der Waals surface area contributed by atoms with Gasteiger partial charge in [-0.1, -0.05) is 32.9 Å². The summed E-state index contributed by atoms with van der Waals surface area (Å²) in [5.41, 5.74) is 2.67. The highest BCUT2D eigenvalue weighted by Crippen LogP contribution is 2.48. The second-order valence-corrected chi connectivity index (χ2v) is 8.84. The minimum atomic E-state index is -0.653. The summed E-state index contributed by atoms with van der Waals surface area (Å²) in [6.07, 6.45) is 1.82. The van der Waals surface area contributed by atoms with Gasteiger partial charge in [0.25, 0.3) is 0 Å². The minimum Gasteiger partial charge on any atom is -0.465 e. The van der Waals surface area contributed by atoms with Crippen molar-refractivity contribution >= 4 is 23.4 Å². The van der Waals surface area contributed by atoms with Crippen molar-refractivity contribution in [2.45, 2.75) is 59.8 Å². The molecule has 1 aliphatic heterocycles. The third-order valence-electron chi connectivity index (χ3n) is 5.51. The summed E-state index contributed by atoms with van der Waals surface area (Å²) in [4.78, 5) is 42.1. The number of ketones is 1. The van der Waals surface area contributed by atoms with Crippen LogP contribution >= 0.6 is 0 Å². The van der Waals surface area contributed by atoms with E-state index in [1.165, 1.54) is 6.92 Å². The zero-order chi connectivity index (χ0) is 22.1. The molecule has 160 valence electrons. The van der Waals surface area contributed by atoms with E-state index >= 15 is 0 Å². The molecule has 0 fully saturated rings. The normalized spacial score (nSPS) is 22.8. The number of benzene rings is 1. The fourth-order valence-electron chi connectivity index (χ4n) is 4.31. The Morgan fingerprint density at radius 2 is 1.83 bits per heavy atom. The van der Waals surface area contributed by atoms with E-state index in [-0.39, 0.29) is 17.2 Å². The van der Waals surface area contributed by atoms with Crippen molar-refractivity contribution in [1.82, 2.24) is 0 Å². The lowest BCUT2D eigenvalue weighted by Crippen LogP contribution is -2.39. The van der Waals surface area contributed by atoms with E-state index in [0.717, 1.165) is 17.7 Å². The van der Waals surface area contributed by atoms with Crippen LogP contribution in [0.2, 0.25) is 0 Å². The van der Waals surface area contributed by atoms with E-state index in [1.54, 1.807) is 24.3 Å². The Morgan fingerprint density at radius 3 is 2.43 bits per heavy atom. The Hall–Kier alpha value is -2.76. The summed E-state index contributed by atoms with van der Waals surface area (Å²) in [5.74, 6) is -1.44. The van der Waals surface area contributed by atoms with Gasteiger partial charge in [0.15, 0.2) is 5.78 Å². The summed E-state index contributed by atoms with van der Waals surface area (Å²) in [7, 11) is 0. The SMILES string of the molecule is CCCOC(=O)C1C(C)=NC2=C(C(=O)CC(C)(C)C2)[C@@H]1c1ccc(OC(C)=O)cc1. The van der Waals surface area contributed by atoms with Gasteiger partial charge in [-0.3, -0.25) is 19.4 Å². The smallest absolute Gasteiger partial charge is 0.315 e. The Labute approximate surface area is 177 Å². The van der Waals surface area contributed by atoms with Crippen LogP contribution in [0.5, 0.6) is 5.75 Å². The lowest BCUT2D eigenvalue weighted by atomic mass is 9.67. The van der Waals surface area contributed by atoms with Gasteiger partial charge in [0, 0.05) is 36.2 Å². The Bertz CT molecular complexity index is 923. The fraction of sp³-hybridized carbons (Fsp3) is 0.500. The van der Waals surface area contributed by atoms with E-state index in [4.69, 9.17) is 14.5 Å². The second-order valence-electron chi connectivity index (χ2n) is 8.84. The molecule has 1 heterocycles. The molecule has 6 nitrogen and oxygen atoms in total. The maximum absolute atomic E-state index is 13.2. The van der Waals surface area contributed by atoms with Gasteiger partial charge in [0.05, 0.1) is 6.61 Å². The zero-order valence-electron chi connectivity index (χ0n) is 18.3. The van der Waals surface area contributed by atoms with Crippen LogP contribution in [0.15, 0.2) is 40.5 Å². The third kappa shape index (κ3) is 4.53. The van der Waals surface area contributed by atoms with E-state index in [1.807, 2.05) is 13.8 Å². The van der Waals surface area contributed by atoms with Crippen LogP contribution in [0.3, 0.4) is 0 Å². The average Bonchev–Trinajstić information content (AvgIpc) is 2.64. The van der Waals surface area contributed by atoms with Crippen LogP contribution < -0.4 is 4.74 Å². The quantitative estimate of drug-likeness (QED) is 0.530. The standard InChI is InChI=1S/C24H29NO5/c1-6-11-29-23(28)20-14(2)25-18-12-24(4,5)13-19(27)22(18)21(20)16-7-9-17(10-8-16)30-15(3)26/h7-10,20-21H,6,11-13H2,1-5H3/t20?,21-/m1/s1. The van der Waals surface area contributed by atoms with E-state index < -0.39 is 17.8 Å². The van der Waals surface area contributed by atoms with Crippen LogP contribution in [0.1, 0.15) is 65.4 Å². The molecule has 0 spiro atoms. The van der Waals surface area contributed by atoms with Gasteiger partial charge in [0.1, 0.15) is 11.7 Å². The molecule has 0 bridgehead atoms. The monoisotopic (exact) mass is 411 g/mol. The first-order valence-corrected chi connectivity index (χ1v) is 10.4. The van der Waals surface area contributed by atoms with Crippen LogP contribution in [0.4, 0.5) is 0 Å². The van der Waals surface area contributed by atoms with Gasteiger partial charge >= 0.3 is 11.9 Å². The minimum absolute atomic E-state index is 0.0276. The Kier molecular flexibility index (Phi) is 6.25. The molecular weight excluding hydrogens is 382 g/mol. The number of carbonyl (C=O) groups is 3. The fourth-order valence-corrected chi connectivity index (χ4v) is 4.31. The number of nitrogens with zero attached hydrogens (tertiary/aromatic N) is 1. The number of hydrogen-bond acceptors (Lipinski definition) is 6. The third-order valence-corrected chi connectivity index (χ3v) is 5.51. The molecule has 0 radical (unpaired) electrons. The van der Waals surface area contributed by atoms with Gasteiger partial charge in [0.2, 0.25) is 0 Å². The average molecular weight is 411 g/mol. The first kappa shape index (κ1) is 21.9. The number of esters is 2. The lowest BCUT2D eigenvalue weighted by molar-refractivity contribution is -0.146. The molecule has 1 aromatic rings. The molecule has 0 amide bonds. The predicted octanol–water partition coefficient (Wildman–Crippen LogP) is 4.38. The number of Topliss-reactive ketones (excluding diaryl/α,β-unsaturated/α-hetero) is 1. The number of hydrogen-bond donors (Lipinski definition) is 0. The Balaban J connectivity index is 2.08. The number of rotatable bonds is 5. The number of ether oxygens (including phenoxy) is 2. The summed E-state index contributed by atoms with van der Waals surface area (Å²) in [6, 6.07) is 6.98. The van der Waals surface area contributed by atoms with Crippen LogP contribution in [0, 0.1) is 11.3 Å². The number of carbonyl (C=O) groups excluding carboxylic acids is 3. The molecule has 1 aromatic carbocycles. The molecule has 3 rings (SSSR count). The summed E-state index contributed by atoms with van der Waals surface area (Å²) in [5, 5.41) is 0. The van der Waals surface area contributed by atoms with Crippen LogP contribution in [-0.4, -0.2) is 30.0 Å². The molecule has 0 saturated carbocycles. The van der Waals surface area contributed by atoms with Crippen LogP contribution in [-0.2, 0) is 19.1 Å². The molecule has 0 aromatic heterocycles. The molecule has 1 unspecified atom stereocenters.